The number of aromatic amines is 1. The average molecular weight is 151 g/mol. The normalized spacial score (nSPS) is 23.2. The Morgan fingerprint density at radius 2 is 2.64 bits per heavy atom. The molecule has 1 heterocycles. The van der Waals surface area contributed by atoms with Gasteiger partial charge in [0.1, 0.15) is 0 Å². The Labute approximate surface area is 66.0 Å². The Morgan fingerprint density at radius 3 is 3.45 bits per heavy atom. The maximum Gasteiger partial charge on any atom is 0.0925 e. The van der Waals surface area contributed by atoms with Crippen LogP contribution in [0, 0.1) is 0 Å². The maximum absolute atomic E-state index is 5.62. The zero-order valence-electron chi connectivity index (χ0n) is 6.51. The lowest BCUT2D eigenvalue weighted by atomic mass is 9.90. The molecule has 0 saturated carbocycles. The molecule has 1 aromatic rings. The molecule has 1 unspecified atom stereocenters. The summed E-state index contributed by atoms with van der Waals surface area (Å²) in [5, 5.41) is 0. The highest BCUT2D eigenvalue weighted by Crippen LogP contribution is 2.27. The van der Waals surface area contributed by atoms with Gasteiger partial charge in [0, 0.05) is 18.2 Å². The zero-order chi connectivity index (χ0) is 7.68. The van der Waals surface area contributed by atoms with E-state index in [0.717, 1.165) is 13.0 Å². The summed E-state index contributed by atoms with van der Waals surface area (Å²) in [5.41, 5.74) is 8.13. The molecule has 60 valence electrons. The summed E-state index contributed by atoms with van der Waals surface area (Å²) in [4.78, 5) is 7.43. The number of nitrogens with two attached hydrogens (primary N) is 1. The van der Waals surface area contributed by atoms with Crippen molar-refractivity contribution in [1.82, 2.24) is 9.97 Å². The molecule has 0 spiro atoms. The minimum atomic E-state index is 0.505. The van der Waals surface area contributed by atoms with Crippen LogP contribution in [0.25, 0.3) is 0 Å². The van der Waals surface area contributed by atoms with Crippen molar-refractivity contribution in [3.63, 3.8) is 0 Å². The number of aromatic nitrogens is 2. The Morgan fingerprint density at radius 1 is 1.73 bits per heavy atom. The van der Waals surface area contributed by atoms with Gasteiger partial charge in [-0.2, -0.15) is 0 Å². The summed E-state index contributed by atoms with van der Waals surface area (Å²) in [5.74, 6) is 0.505. The van der Waals surface area contributed by atoms with Gasteiger partial charge in [-0.25, -0.2) is 4.98 Å². The molecule has 0 radical (unpaired) electrons. The second-order valence-corrected chi connectivity index (χ2v) is 3.09. The van der Waals surface area contributed by atoms with Crippen LogP contribution in [0.5, 0.6) is 0 Å². The highest BCUT2D eigenvalue weighted by Gasteiger charge is 2.20. The molecule has 1 aliphatic carbocycles. The van der Waals surface area contributed by atoms with E-state index in [2.05, 4.69) is 9.97 Å². The summed E-state index contributed by atoms with van der Waals surface area (Å²) >= 11 is 0. The van der Waals surface area contributed by atoms with Crippen LogP contribution >= 0.6 is 0 Å². The molecule has 2 rings (SSSR count). The third-order valence-electron chi connectivity index (χ3n) is 2.40. The third kappa shape index (κ3) is 1.05. The number of imidazole rings is 1. The van der Waals surface area contributed by atoms with E-state index in [1.807, 2.05) is 0 Å². The number of hydrogen-bond donors (Lipinski definition) is 2. The Kier molecular flexibility index (Phi) is 1.66. The van der Waals surface area contributed by atoms with Gasteiger partial charge in [0.25, 0.3) is 0 Å². The van der Waals surface area contributed by atoms with Gasteiger partial charge in [-0.3, -0.25) is 0 Å². The Hall–Kier alpha value is -0.830. The smallest absolute Gasteiger partial charge is 0.0925 e. The van der Waals surface area contributed by atoms with Gasteiger partial charge in [0.15, 0.2) is 0 Å². The lowest BCUT2D eigenvalue weighted by Crippen LogP contribution is -2.18. The van der Waals surface area contributed by atoms with Gasteiger partial charge in [-0.05, 0) is 19.3 Å². The molecule has 0 aliphatic heterocycles. The maximum atomic E-state index is 5.62. The first-order valence-corrected chi connectivity index (χ1v) is 4.14. The predicted molar refractivity (Wildman–Crippen MR) is 43.3 cm³/mol. The highest BCUT2D eigenvalue weighted by molar-refractivity contribution is 5.19. The topological polar surface area (TPSA) is 54.7 Å². The van der Waals surface area contributed by atoms with E-state index < -0.39 is 0 Å². The first-order valence-electron chi connectivity index (χ1n) is 4.14. The molecule has 3 nitrogen and oxygen atoms in total. The van der Waals surface area contributed by atoms with Gasteiger partial charge in [0.05, 0.1) is 12.0 Å². The highest BCUT2D eigenvalue weighted by atomic mass is 14.9. The van der Waals surface area contributed by atoms with Gasteiger partial charge in [-0.1, -0.05) is 0 Å². The van der Waals surface area contributed by atoms with Crippen LogP contribution in [0.4, 0.5) is 0 Å². The van der Waals surface area contributed by atoms with E-state index >= 15 is 0 Å². The van der Waals surface area contributed by atoms with E-state index in [4.69, 9.17) is 5.73 Å². The molecule has 3 N–H and O–H groups in total. The van der Waals surface area contributed by atoms with Crippen molar-refractivity contribution in [2.75, 3.05) is 6.54 Å². The average Bonchev–Trinajstić information content (AvgIpc) is 2.50. The number of fused-ring (bicyclic) bond motifs is 1. The fourth-order valence-corrected chi connectivity index (χ4v) is 1.78. The minimum absolute atomic E-state index is 0.505. The van der Waals surface area contributed by atoms with Crippen LogP contribution < -0.4 is 5.73 Å². The van der Waals surface area contributed by atoms with Crippen LogP contribution in [0.1, 0.15) is 30.1 Å². The first kappa shape index (κ1) is 6.85. The van der Waals surface area contributed by atoms with E-state index in [1.54, 1.807) is 6.33 Å². The molecule has 0 fully saturated rings. The van der Waals surface area contributed by atoms with E-state index in [0.29, 0.717) is 5.92 Å². The van der Waals surface area contributed by atoms with Crippen LogP contribution in [-0.4, -0.2) is 16.5 Å². The summed E-state index contributed by atoms with van der Waals surface area (Å²) < 4.78 is 0. The van der Waals surface area contributed by atoms with Crippen LogP contribution in [0.15, 0.2) is 6.33 Å². The predicted octanol–water partition coefficient (Wildman–Crippen LogP) is 0.788. The molecule has 1 aliphatic rings. The van der Waals surface area contributed by atoms with Crippen molar-refractivity contribution in [3.8, 4) is 0 Å². The molecule has 11 heavy (non-hydrogen) atoms. The quantitative estimate of drug-likeness (QED) is 0.623. The molecule has 1 aromatic heterocycles. The third-order valence-corrected chi connectivity index (χ3v) is 2.40. The summed E-state index contributed by atoms with van der Waals surface area (Å²) in [6, 6.07) is 0. The number of H-pyrrole nitrogens is 1. The molecule has 0 aromatic carbocycles. The van der Waals surface area contributed by atoms with E-state index in [1.165, 1.54) is 24.2 Å². The largest absolute Gasteiger partial charge is 0.348 e. The number of nitrogens with zero attached hydrogens (tertiary/aromatic N) is 1. The van der Waals surface area contributed by atoms with Crippen molar-refractivity contribution >= 4 is 0 Å². The fraction of sp³-hybridized carbons (Fsp3) is 0.625. The van der Waals surface area contributed by atoms with Crippen LogP contribution in [0.2, 0.25) is 0 Å². The summed E-state index contributed by atoms with van der Waals surface area (Å²) in [6.07, 6.45) is 5.37. The standard InChI is InChI=1S/C8H13N3/c9-4-6-2-1-3-7-8(6)11-5-10-7/h5-6H,1-4,9H2,(H,10,11). The first-order chi connectivity index (χ1) is 5.42. The second kappa shape index (κ2) is 2.66. The minimum Gasteiger partial charge on any atom is -0.348 e. The van der Waals surface area contributed by atoms with Crippen LogP contribution in [0.3, 0.4) is 0 Å². The van der Waals surface area contributed by atoms with Crippen molar-refractivity contribution in [1.29, 1.82) is 0 Å². The number of hydrogen-bond acceptors (Lipinski definition) is 2. The van der Waals surface area contributed by atoms with Gasteiger partial charge >= 0.3 is 0 Å². The van der Waals surface area contributed by atoms with Gasteiger partial charge < -0.3 is 10.7 Å². The zero-order valence-corrected chi connectivity index (χ0v) is 6.51. The Bertz CT molecular complexity index is 241. The molecule has 3 heteroatoms. The van der Waals surface area contributed by atoms with Gasteiger partial charge in [-0.15, -0.1) is 0 Å². The second-order valence-electron chi connectivity index (χ2n) is 3.09. The summed E-state index contributed by atoms with van der Waals surface area (Å²) in [7, 11) is 0. The van der Waals surface area contributed by atoms with Crippen molar-refractivity contribution < 1.29 is 0 Å². The van der Waals surface area contributed by atoms with Gasteiger partial charge in [0.2, 0.25) is 0 Å². The monoisotopic (exact) mass is 151 g/mol. The van der Waals surface area contributed by atoms with Crippen molar-refractivity contribution in [2.24, 2.45) is 5.73 Å². The van der Waals surface area contributed by atoms with Crippen molar-refractivity contribution in [3.05, 3.63) is 17.7 Å². The molecule has 0 amide bonds. The van der Waals surface area contributed by atoms with Crippen molar-refractivity contribution in [2.45, 2.75) is 25.2 Å². The van der Waals surface area contributed by atoms with Crippen LogP contribution in [-0.2, 0) is 6.42 Å². The fourth-order valence-electron chi connectivity index (χ4n) is 1.78. The Balaban J connectivity index is 2.32. The molecule has 0 saturated heterocycles. The number of rotatable bonds is 1. The number of aryl methyl sites for hydroxylation is 1. The lowest BCUT2D eigenvalue weighted by Gasteiger charge is -2.18. The molecule has 1 atom stereocenters. The van der Waals surface area contributed by atoms with E-state index in [-0.39, 0.29) is 0 Å². The van der Waals surface area contributed by atoms with E-state index in [9.17, 15) is 0 Å². The molecular formula is C8H13N3. The molecular weight excluding hydrogens is 138 g/mol. The SMILES string of the molecule is NCC1CCCc2[nH]cnc21. The molecule has 0 bridgehead atoms. The number of nitrogens with one attached hydrogen (secondary N) is 1. The summed E-state index contributed by atoms with van der Waals surface area (Å²) in [6.45, 7) is 0.734. The lowest BCUT2D eigenvalue weighted by molar-refractivity contribution is 0.546.